The van der Waals surface area contributed by atoms with Crippen LogP contribution in [0.15, 0.2) is 42.5 Å². The highest BCUT2D eigenvalue weighted by molar-refractivity contribution is 7.80. The van der Waals surface area contributed by atoms with Gasteiger partial charge in [-0.3, -0.25) is 25.0 Å². The maximum atomic E-state index is 12.5. The summed E-state index contributed by atoms with van der Waals surface area (Å²) in [7, 11) is 0. The smallest absolute Gasteiger partial charge is 0.311 e. The topological polar surface area (TPSA) is 117 Å². The molecule has 2 amide bonds. The van der Waals surface area contributed by atoms with Crippen LogP contribution in [0.4, 0.5) is 17.1 Å². The van der Waals surface area contributed by atoms with Gasteiger partial charge in [-0.15, -0.1) is 0 Å². The van der Waals surface area contributed by atoms with Gasteiger partial charge in [0.15, 0.2) is 10.9 Å². The number of nitro benzene ring substituents is 1. The molecule has 0 spiro atoms. The van der Waals surface area contributed by atoms with E-state index in [1.54, 1.807) is 6.92 Å². The molecule has 186 valence electrons. The Hall–Kier alpha value is -3.73. The molecule has 0 aromatic heterocycles. The Balaban J connectivity index is 1.54. The lowest BCUT2D eigenvalue weighted by atomic mass is 10.1. The Labute approximate surface area is 209 Å². The number of amides is 2. The van der Waals surface area contributed by atoms with Crippen molar-refractivity contribution in [1.29, 1.82) is 0 Å². The number of anilines is 2. The van der Waals surface area contributed by atoms with Gasteiger partial charge >= 0.3 is 5.69 Å². The predicted molar refractivity (Wildman–Crippen MR) is 138 cm³/mol. The number of hydrogen-bond acceptors (Lipinski definition) is 7. The zero-order valence-corrected chi connectivity index (χ0v) is 20.6. The maximum absolute atomic E-state index is 12.5. The van der Waals surface area contributed by atoms with E-state index >= 15 is 0 Å². The van der Waals surface area contributed by atoms with Crippen molar-refractivity contribution >= 4 is 46.2 Å². The molecule has 0 radical (unpaired) electrons. The van der Waals surface area contributed by atoms with Crippen LogP contribution >= 0.6 is 12.2 Å². The second-order valence-electron chi connectivity index (χ2n) is 7.95. The van der Waals surface area contributed by atoms with Gasteiger partial charge in [0.1, 0.15) is 0 Å². The summed E-state index contributed by atoms with van der Waals surface area (Å²) in [6.45, 7) is 6.95. The quantitative estimate of drug-likeness (QED) is 0.322. The number of thiocarbonyl (C=S) groups is 1. The number of nitrogens with one attached hydrogen (secondary N) is 2. The summed E-state index contributed by atoms with van der Waals surface area (Å²) < 4.78 is 5.24. The van der Waals surface area contributed by atoms with E-state index in [0.29, 0.717) is 25.2 Å². The number of hydrogen-bond donors (Lipinski definition) is 2. The lowest BCUT2D eigenvalue weighted by molar-refractivity contribution is -0.385. The fraction of sp³-hybridized carbons (Fsp3) is 0.375. The first-order valence-corrected chi connectivity index (χ1v) is 11.9. The van der Waals surface area contributed by atoms with Gasteiger partial charge in [-0.1, -0.05) is 6.92 Å². The van der Waals surface area contributed by atoms with Crippen molar-refractivity contribution in [2.45, 2.75) is 26.7 Å². The molecular formula is C24H29N5O5S. The Kier molecular flexibility index (Phi) is 8.96. The van der Waals surface area contributed by atoms with Crippen molar-refractivity contribution < 1.29 is 19.2 Å². The highest BCUT2D eigenvalue weighted by atomic mass is 32.1. The number of carbonyl (C=O) groups is 2. The van der Waals surface area contributed by atoms with Crippen LogP contribution in [0.3, 0.4) is 0 Å². The average Bonchev–Trinajstić information content (AvgIpc) is 2.85. The fourth-order valence-electron chi connectivity index (χ4n) is 3.76. The lowest BCUT2D eigenvalue weighted by Gasteiger charge is -2.36. The van der Waals surface area contributed by atoms with E-state index in [4.69, 9.17) is 17.0 Å². The van der Waals surface area contributed by atoms with Crippen molar-refractivity contribution in [3.8, 4) is 5.75 Å². The zero-order valence-electron chi connectivity index (χ0n) is 19.8. The van der Waals surface area contributed by atoms with Crippen molar-refractivity contribution in [3.63, 3.8) is 0 Å². The summed E-state index contributed by atoms with van der Waals surface area (Å²) in [4.78, 5) is 39.4. The van der Waals surface area contributed by atoms with Crippen LogP contribution in [0.5, 0.6) is 5.75 Å². The first-order chi connectivity index (χ1) is 16.8. The molecule has 11 heteroatoms. The minimum Gasteiger partial charge on any atom is -0.487 e. The van der Waals surface area contributed by atoms with Gasteiger partial charge in [-0.2, -0.15) is 0 Å². The normalized spacial score (nSPS) is 13.2. The summed E-state index contributed by atoms with van der Waals surface area (Å²) in [5.74, 6) is -0.258. The minimum atomic E-state index is -0.594. The number of nitrogens with zero attached hydrogens (tertiary/aromatic N) is 3. The van der Waals surface area contributed by atoms with Crippen LogP contribution in [0.25, 0.3) is 0 Å². The first-order valence-electron chi connectivity index (χ1n) is 11.5. The van der Waals surface area contributed by atoms with Crippen LogP contribution in [0, 0.1) is 10.1 Å². The van der Waals surface area contributed by atoms with Crippen LogP contribution in [-0.4, -0.2) is 59.5 Å². The number of benzene rings is 2. The van der Waals surface area contributed by atoms with Gasteiger partial charge < -0.3 is 19.9 Å². The molecule has 1 aliphatic heterocycles. The molecular weight excluding hydrogens is 470 g/mol. The van der Waals surface area contributed by atoms with E-state index in [0.717, 1.165) is 31.3 Å². The van der Waals surface area contributed by atoms with E-state index in [1.807, 2.05) is 36.1 Å². The van der Waals surface area contributed by atoms with Crippen molar-refractivity contribution in [2.75, 3.05) is 43.0 Å². The zero-order chi connectivity index (χ0) is 25.4. The van der Waals surface area contributed by atoms with E-state index in [1.165, 1.54) is 12.1 Å². The van der Waals surface area contributed by atoms with Crippen molar-refractivity contribution in [1.82, 2.24) is 10.2 Å². The summed E-state index contributed by atoms with van der Waals surface area (Å²) in [6, 6.07) is 11.6. The van der Waals surface area contributed by atoms with Crippen LogP contribution in [-0.2, 0) is 4.79 Å². The molecule has 0 unspecified atom stereocenters. The number of rotatable bonds is 8. The number of nitro groups is 1. The first kappa shape index (κ1) is 25.9. The maximum Gasteiger partial charge on any atom is 0.311 e. The van der Waals surface area contributed by atoms with Gasteiger partial charge in [0.25, 0.3) is 5.91 Å². The predicted octanol–water partition coefficient (Wildman–Crippen LogP) is 3.57. The van der Waals surface area contributed by atoms with E-state index in [9.17, 15) is 19.7 Å². The number of carbonyl (C=O) groups excluding carboxylic acids is 2. The van der Waals surface area contributed by atoms with E-state index in [2.05, 4.69) is 15.5 Å². The van der Waals surface area contributed by atoms with E-state index < -0.39 is 10.8 Å². The van der Waals surface area contributed by atoms with Crippen molar-refractivity contribution in [3.05, 3.63) is 58.1 Å². The third-order valence-electron chi connectivity index (χ3n) is 5.53. The summed E-state index contributed by atoms with van der Waals surface area (Å²) in [5.41, 5.74) is 1.53. The molecule has 0 saturated carbocycles. The van der Waals surface area contributed by atoms with Crippen LogP contribution in [0.1, 0.15) is 37.0 Å². The molecule has 1 saturated heterocycles. The van der Waals surface area contributed by atoms with Gasteiger partial charge in [0.05, 0.1) is 11.5 Å². The Bertz CT molecular complexity index is 1080. The van der Waals surface area contributed by atoms with Gasteiger partial charge in [0, 0.05) is 55.6 Å². The third-order valence-corrected chi connectivity index (χ3v) is 5.74. The Morgan fingerprint density at radius 1 is 1.09 bits per heavy atom. The van der Waals surface area contributed by atoms with Crippen molar-refractivity contribution in [2.24, 2.45) is 0 Å². The molecule has 1 heterocycles. The van der Waals surface area contributed by atoms with Crippen LogP contribution < -0.4 is 20.3 Å². The monoisotopic (exact) mass is 499 g/mol. The molecule has 10 nitrogen and oxygen atoms in total. The Morgan fingerprint density at radius 2 is 1.77 bits per heavy atom. The lowest BCUT2D eigenvalue weighted by Crippen LogP contribution is -2.48. The molecule has 0 bridgehead atoms. The molecule has 2 aromatic rings. The van der Waals surface area contributed by atoms with Gasteiger partial charge in [0.2, 0.25) is 5.91 Å². The fourth-order valence-corrected chi connectivity index (χ4v) is 3.97. The third kappa shape index (κ3) is 6.89. The molecule has 3 rings (SSSR count). The molecule has 0 aliphatic carbocycles. The van der Waals surface area contributed by atoms with Crippen LogP contribution in [0.2, 0.25) is 0 Å². The summed E-state index contributed by atoms with van der Waals surface area (Å²) in [6.07, 6.45) is 1.45. The Morgan fingerprint density at radius 3 is 2.37 bits per heavy atom. The molecule has 1 fully saturated rings. The highest BCUT2D eigenvalue weighted by Gasteiger charge is 2.21. The SMILES string of the molecule is CCCC(=O)N1CCN(c2ccc(NC(=S)NC(=O)c3ccc(OCC)c([N+](=O)[O-])c3)cc2)CC1. The molecule has 35 heavy (non-hydrogen) atoms. The molecule has 2 N–H and O–H groups in total. The largest absolute Gasteiger partial charge is 0.487 e. The number of piperazine rings is 1. The van der Waals surface area contributed by atoms with E-state index in [-0.39, 0.29) is 34.6 Å². The summed E-state index contributed by atoms with van der Waals surface area (Å²) in [5, 5.41) is 16.8. The second-order valence-corrected chi connectivity index (χ2v) is 8.35. The van der Waals surface area contributed by atoms with Gasteiger partial charge in [-0.25, -0.2) is 0 Å². The van der Waals surface area contributed by atoms with Gasteiger partial charge in [-0.05, 0) is 62.0 Å². The summed E-state index contributed by atoms with van der Waals surface area (Å²) >= 11 is 5.23. The highest BCUT2D eigenvalue weighted by Crippen LogP contribution is 2.28. The molecule has 1 aliphatic rings. The minimum absolute atomic E-state index is 0.0716. The molecule has 0 atom stereocenters. The average molecular weight is 500 g/mol. The standard InChI is InChI=1S/C24H29N5O5S/c1-3-5-22(30)28-14-12-27(13-15-28)19-9-7-18(8-10-19)25-24(35)26-23(31)17-6-11-21(34-4-2)20(16-17)29(32)33/h6-11,16H,3-5,12-15H2,1-2H3,(H2,25,26,31,35). The second kappa shape index (κ2) is 12.1. The molecule has 2 aromatic carbocycles. The number of ether oxygens (including phenoxy) is 1.